The van der Waals surface area contributed by atoms with E-state index in [2.05, 4.69) is 0 Å². The van der Waals surface area contributed by atoms with Gasteiger partial charge in [0.1, 0.15) is 0 Å². The molecule has 2 saturated heterocycles. The average Bonchev–Trinajstić information content (AvgIpc) is 3.00. The van der Waals surface area contributed by atoms with Crippen molar-refractivity contribution in [3.63, 3.8) is 0 Å². The second kappa shape index (κ2) is 6.85. The fourth-order valence-corrected chi connectivity index (χ4v) is 3.80. The molecule has 2 aliphatic heterocycles. The predicted octanol–water partition coefficient (Wildman–Crippen LogP) is 3.03. The van der Waals surface area contributed by atoms with Crippen LogP contribution in [0.15, 0.2) is 24.3 Å². The molecule has 1 amide bonds. The number of piperidine rings is 1. The molecule has 0 aromatic heterocycles. The van der Waals surface area contributed by atoms with Gasteiger partial charge < -0.3 is 14.7 Å². The number of aryl methyl sites for hydroxylation is 1. The van der Waals surface area contributed by atoms with Gasteiger partial charge in [-0.3, -0.25) is 4.79 Å². The topological polar surface area (TPSA) is 49.8 Å². The number of hydrogen-bond acceptors (Lipinski definition) is 3. The molecular formula is C20H29NO3. The minimum absolute atomic E-state index is 0.134. The first-order valence-corrected chi connectivity index (χ1v) is 9.05. The Morgan fingerprint density at radius 2 is 2.04 bits per heavy atom. The average molecular weight is 331 g/mol. The summed E-state index contributed by atoms with van der Waals surface area (Å²) in [6, 6.07) is 7.87. The molecule has 0 aliphatic carbocycles. The SMILES string of the molecule is CC(C)(O)CCc1ccc(C(=O)N2CCCC3(CCOC3)C2)cc1. The van der Waals surface area contributed by atoms with Crippen molar-refractivity contribution in [1.29, 1.82) is 0 Å². The van der Waals surface area contributed by atoms with Crippen molar-refractivity contribution in [2.24, 2.45) is 5.41 Å². The molecular weight excluding hydrogens is 302 g/mol. The van der Waals surface area contributed by atoms with Gasteiger partial charge in [0.05, 0.1) is 12.2 Å². The first-order chi connectivity index (χ1) is 11.4. The lowest BCUT2D eigenvalue weighted by Crippen LogP contribution is -2.46. The molecule has 1 aromatic rings. The Labute approximate surface area is 144 Å². The number of nitrogens with zero attached hydrogens (tertiary/aromatic N) is 1. The number of ether oxygens (including phenoxy) is 1. The van der Waals surface area contributed by atoms with Crippen LogP contribution in [0.2, 0.25) is 0 Å². The standard InChI is InChI=1S/C20H29NO3/c1-19(2,23)10-8-16-4-6-17(7-5-16)18(22)21-12-3-9-20(14-21)11-13-24-15-20/h4-7,23H,3,8-15H2,1-2H3. The van der Waals surface area contributed by atoms with Crippen LogP contribution in [0.5, 0.6) is 0 Å². The molecule has 1 N–H and O–H groups in total. The highest BCUT2D eigenvalue weighted by Gasteiger charge is 2.40. The molecule has 1 atom stereocenters. The van der Waals surface area contributed by atoms with Crippen molar-refractivity contribution in [3.8, 4) is 0 Å². The third kappa shape index (κ3) is 4.17. The van der Waals surface area contributed by atoms with Gasteiger partial charge in [0.2, 0.25) is 0 Å². The van der Waals surface area contributed by atoms with Gasteiger partial charge in [-0.1, -0.05) is 12.1 Å². The summed E-state index contributed by atoms with van der Waals surface area (Å²) < 4.78 is 5.58. The van der Waals surface area contributed by atoms with Crippen molar-refractivity contribution in [1.82, 2.24) is 4.90 Å². The molecule has 132 valence electrons. The summed E-state index contributed by atoms with van der Waals surface area (Å²) in [6.07, 6.45) is 4.86. The van der Waals surface area contributed by atoms with Crippen LogP contribution in [0.4, 0.5) is 0 Å². The highest BCUT2D eigenvalue weighted by molar-refractivity contribution is 5.94. The van der Waals surface area contributed by atoms with Crippen LogP contribution in [0.3, 0.4) is 0 Å². The van der Waals surface area contributed by atoms with E-state index in [1.807, 2.05) is 43.0 Å². The summed E-state index contributed by atoms with van der Waals surface area (Å²) in [4.78, 5) is 14.8. The lowest BCUT2D eigenvalue weighted by Gasteiger charge is -2.39. The van der Waals surface area contributed by atoms with E-state index in [4.69, 9.17) is 4.74 Å². The minimum atomic E-state index is -0.653. The van der Waals surface area contributed by atoms with Crippen molar-refractivity contribution in [2.75, 3.05) is 26.3 Å². The normalized spacial score (nSPS) is 24.5. The second-order valence-corrected chi connectivity index (χ2v) is 8.14. The van der Waals surface area contributed by atoms with Crippen LogP contribution < -0.4 is 0 Å². The first kappa shape index (κ1) is 17.4. The third-order valence-corrected chi connectivity index (χ3v) is 5.36. The van der Waals surface area contributed by atoms with E-state index in [0.717, 1.165) is 63.1 Å². The second-order valence-electron chi connectivity index (χ2n) is 8.14. The smallest absolute Gasteiger partial charge is 0.253 e. The molecule has 2 fully saturated rings. The van der Waals surface area contributed by atoms with Crippen molar-refractivity contribution < 1.29 is 14.6 Å². The lowest BCUT2D eigenvalue weighted by atomic mass is 9.79. The van der Waals surface area contributed by atoms with E-state index in [1.54, 1.807) is 0 Å². The van der Waals surface area contributed by atoms with E-state index >= 15 is 0 Å². The molecule has 0 saturated carbocycles. The lowest BCUT2D eigenvalue weighted by molar-refractivity contribution is 0.0462. The Hall–Kier alpha value is -1.39. The van der Waals surface area contributed by atoms with Gasteiger partial charge in [-0.2, -0.15) is 0 Å². The van der Waals surface area contributed by atoms with Gasteiger partial charge in [0.15, 0.2) is 0 Å². The van der Waals surface area contributed by atoms with E-state index in [1.165, 1.54) is 6.42 Å². The van der Waals surface area contributed by atoms with Gasteiger partial charge in [0.25, 0.3) is 5.91 Å². The number of amides is 1. The molecule has 4 nitrogen and oxygen atoms in total. The fourth-order valence-electron chi connectivity index (χ4n) is 3.80. The maximum absolute atomic E-state index is 12.8. The number of hydrogen-bond donors (Lipinski definition) is 1. The molecule has 0 radical (unpaired) electrons. The molecule has 3 rings (SSSR count). The Morgan fingerprint density at radius 3 is 2.67 bits per heavy atom. The van der Waals surface area contributed by atoms with Gasteiger partial charge in [-0.25, -0.2) is 0 Å². The Morgan fingerprint density at radius 1 is 1.29 bits per heavy atom. The Bertz CT molecular complexity index is 568. The van der Waals surface area contributed by atoms with Gasteiger partial charge >= 0.3 is 0 Å². The van der Waals surface area contributed by atoms with Gasteiger partial charge in [-0.15, -0.1) is 0 Å². The molecule has 1 aromatic carbocycles. The van der Waals surface area contributed by atoms with Crippen molar-refractivity contribution in [2.45, 2.75) is 51.6 Å². The van der Waals surface area contributed by atoms with Crippen LogP contribution in [-0.4, -0.2) is 47.8 Å². The summed E-state index contributed by atoms with van der Waals surface area (Å²) >= 11 is 0. The number of likely N-dealkylation sites (tertiary alicyclic amines) is 1. The van der Waals surface area contributed by atoms with Crippen molar-refractivity contribution in [3.05, 3.63) is 35.4 Å². The summed E-state index contributed by atoms with van der Waals surface area (Å²) in [7, 11) is 0. The maximum Gasteiger partial charge on any atom is 0.253 e. The predicted molar refractivity (Wildman–Crippen MR) is 94.1 cm³/mol. The molecule has 2 aliphatic rings. The van der Waals surface area contributed by atoms with Crippen LogP contribution in [0.25, 0.3) is 0 Å². The van der Waals surface area contributed by atoms with E-state index in [-0.39, 0.29) is 11.3 Å². The zero-order chi connectivity index (χ0) is 17.2. The van der Waals surface area contributed by atoms with E-state index < -0.39 is 5.60 Å². The van der Waals surface area contributed by atoms with Crippen LogP contribution in [-0.2, 0) is 11.2 Å². The van der Waals surface area contributed by atoms with Crippen LogP contribution in [0.1, 0.15) is 55.5 Å². The number of rotatable bonds is 4. The first-order valence-electron chi connectivity index (χ1n) is 9.05. The largest absolute Gasteiger partial charge is 0.390 e. The number of benzene rings is 1. The van der Waals surface area contributed by atoms with E-state index in [0.29, 0.717) is 0 Å². The molecule has 1 unspecified atom stereocenters. The third-order valence-electron chi connectivity index (χ3n) is 5.36. The highest BCUT2D eigenvalue weighted by atomic mass is 16.5. The van der Waals surface area contributed by atoms with Crippen LogP contribution in [0, 0.1) is 5.41 Å². The number of carbonyl (C=O) groups is 1. The van der Waals surface area contributed by atoms with Crippen LogP contribution >= 0.6 is 0 Å². The molecule has 2 heterocycles. The number of carbonyl (C=O) groups excluding carboxylic acids is 1. The van der Waals surface area contributed by atoms with Gasteiger partial charge in [-0.05, 0) is 63.6 Å². The Balaban J connectivity index is 1.62. The molecule has 0 bridgehead atoms. The highest BCUT2D eigenvalue weighted by Crippen LogP contribution is 2.38. The molecule has 24 heavy (non-hydrogen) atoms. The zero-order valence-corrected chi connectivity index (χ0v) is 14.9. The summed E-state index contributed by atoms with van der Waals surface area (Å²) in [6.45, 7) is 6.95. The molecule has 1 spiro atoms. The molecule has 4 heteroatoms. The zero-order valence-electron chi connectivity index (χ0n) is 14.9. The Kier molecular flexibility index (Phi) is 4.97. The maximum atomic E-state index is 12.8. The fraction of sp³-hybridized carbons (Fsp3) is 0.650. The summed E-state index contributed by atoms with van der Waals surface area (Å²) in [5.41, 5.74) is 1.46. The number of aliphatic hydroxyl groups is 1. The van der Waals surface area contributed by atoms with E-state index in [9.17, 15) is 9.90 Å². The quantitative estimate of drug-likeness (QED) is 0.922. The van der Waals surface area contributed by atoms with Gasteiger partial charge in [0, 0.05) is 30.7 Å². The summed E-state index contributed by atoms with van der Waals surface area (Å²) in [5.74, 6) is 0.134. The minimum Gasteiger partial charge on any atom is -0.390 e. The van der Waals surface area contributed by atoms with Crippen molar-refractivity contribution >= 4 is 5.91 Å². The summed E-state index contributed by atoms with van der Waals surface area (Å²) in [5, 5.41) is 9.82. The monoisotopic (exact) mass is 331 g/mol.